The van der Waals surface area contributed by atoms with Gasteiger partial charge < -0.3 is 10.3 Å². The number of carbonyl (C=O) groups is 2. The normalized spacial score (nSPS) is 20.6. The number of aromatic nitrogens is 1. The molecule has 1 aliphatic heterocycles. The van der Waals surface area contributed by atoms with Crippen LogP contribution in [0.25, 0.3) is 0 Å². The van der Waals surface area contributed by atoms with Crippen LogP contribution in [0.3, 0.4) is 0 Å². The van der Waals surface area contributed by atoms with Gasteiger partial charge in [0.15, 0.2) is 0 Å². The van der Waals surface area contributed by atoms with E-state index in [9.17, 15) is 9.59 Å². The highest BCUT2D eigenvalue weighted by molar-refractivity contribution is 6.04. The average Bonchev–Trinajstić information content (AvgIpc) is 2.85. The maximum atomic E-state index is 11.8. The summed E-state index contributed by atoms with van der Waals surface area (Å²) in [4.78, 5) is 28.2. The van der Waals surface area contributed by atoms with Gasteiger partial charge in [-0.1, -0.05) is 0 Å². The molecule has 98 valence electrons. The third-order valence-electron chi connectivity index (χ3n) is 3.08. The van der Waals surface area contributed by atoms with E-state index in [1.54, 1.807) is 18.3 Å². The standard InChI is InChI=1S/C12H18N4O2/c1-9-7-13-5-6-16(9)8-11(17)15-12(18)10-3-2-4-14-10/h2-4,9,13-14H,5-8H2,1H3,(H,15,17,18)/t9-/m1/s1. The van der Waals surface area contributed by atoms with E-state index in [-0.39, 0.29) is 18.4 Å². The van der Waals surface area contributed by atoms with Gasteiger partial charge in [0.05, 0.1) is 6.54 Å². The highest BCUT2D eigenvalue weighted by atomic mass is 16.2. The Morgan fingerprint density at radius 1 is 1.56 bits per heavy atom. The maximum Gasteiger partial charge on any atom is 0.274 e. The molecule has 0 saturated carbocycles. The van der Waals surface area contributed by atoms with Crippen LogP contribution in [0.1, 0.15) is 17.4 Å². The van der Waals surface area contributed by atoms with Crippen LogP contribution in [0.2, 0.25) is 0 Å². The van der Waals surface area contributed by atoms with Crippen molar-refractivity contribution < 1.29 is 9.59 Å². The van der Waals surface area contributed by atoms with Crippen LogP contribution < -0.4 is 10.6 Å². The molecular weight excluding hydrogens is 232 g/mol. The number of nitrogens with zero attached hydrogens (tertiary/aromatic N) is 1. The van der Waals surface area contributed by atoms with Crippen LogP contribution >= 0.6 is 0 Å². The van der Waals surface area contributed by atoms with Crippen LogP contribution in [0.4, 0.5) is 0 Å². The van der Waals surface area contributed by atoms with Gasteiger partial charge in [0.2, 0.25) is 5.91 Å². The summed E-state index contributed by atoms with van der Waals surface area (Å²) < 4.78 is 0. The Labute approximate surface area is 106 Å². The van der Waals surface area contributed by atoms with Gasteiger partial charge in [0.1, 0.15) is 5.69 Å². The number of piperazine rings is 1. The van der Waals surface area contributed by atoms with E-state index in [2.05, 4.69) is 27.4 Å². The molecule has 1 aromatic heterocycles. The van der Waals surface area contributed by atoms with E-state index in [0.29, 0.717) is 11.7 Å². The van der Waals surface area contributed by atoms with Crippen LogP contribution in [0.5, 0.6) is 0 Å². The summed E-state index contributed by atoms with van der Waals surface area (Å²) in [5, 5.41) is 5.63. The maximum absolute atomic E-state index is 11.8. The largest absolute Gasteiger partial charge is 0.357 e. The molecule has 1 atom stereocenters. The minimum atomic E-state index is -0.382. The molecule has 0 aliphatic carbocycles. The molecule has 6 heteroatoms. The van der Waals surface area contributed by atoms with Crippen LogP contribution in [0, 0.1) is 0 Å². The molecule has 18 heavy (non-hydrogen) atoms. The molecule has 0 radical (unpaired) electrons. The van der Waals surface area contributed by atoms with Gasteiger partial charge in [-0.05, 0) is 19.1 Å². The first-order valence-corrected chi connectivity index (χ1v) is 6.09. The molecule has 0 spiro atoms. The Kier molecular flexibility index (Phi) is 4.11. The van der Waals surface area contributed by atoms with Crippen molar-refractivity contribution in [2.75, 3.05) is 26.2 Å². The summed E-state index contributed by atoms with van der Waals surface area (Å²) in [6.45, 7) is 4.90. The topological polar surface area (TPSA) is 77.2 Å². The van der Waals surface area contributed by atoms with Crippen molar-refractivity contribution in [2.45, 2.75) is 13.0 Å². The molecule has 1 fully saturated rings. The second kappa shape index (κ2) is 5.79. The summed E-state index contributed by atoms with van der Waals surface area (Å²) in [6, 6.07) is 3.67. The van der Waals surface area contributed by atoms with Gasteiger partial charge in [-0.15, -0.1) is 0 Å². The van der Waals surface area contributed by atoms with Crippen LogP contribution in [-0.2, 0) is 4.79 Å². The fourth-order valence-electron chi connectivity index (χ4n) is 2.01. The van der Waals surface area contributed by atoms with Gasteiger partial charge in [-0.2, -0.15) is 0 Å². The van der Waals surface area contributed by atoms with E-state index in [4.69, 9.17) is 0 Å². The van der Waals surface area contributed by atoms with E-state index >= 15 is 0 Å². The Morgan fingerprint density at radius 3 is 3.06 bits per heavy atom. The highest BCUT2D eigenvalue weighted by Gasteiger charge is 2.21. The molecule has 2 amide bonds. The lowest BCUT2D eigenvalue weighted by molar-refractivity contribution is -0.122. The van der Waals surface area contributed by atoms with Gasteiger partial charge >= 0.3 is 0 Å². The number of H-pyrrole nitrogens is 1. The van der Waals surface area contributed by atoms with Gasteiger partial charge in [0.25, 0.3) is 5.91 Å². The molecule has 0 unspecified atom stereocenters. The lowest BCUT2D eigenvalue weighted by atomic mass is 10.2. The second-order valence-electron chi connectivity index (χ2n) is 4.48. The Hall–Kier alpha value is -1.66. The van der Waals surface area contributed by atoms with Crippen molar-refractivity contribution in [2.24, 2.45) is 0 Å². The molecule has 1 aliphatic rings. The zero-order valence-corrected chi connectivity index (χ0v) is 10.4. The first-order valence-electron chi connectivity index (χ1n) is 6.09. The van der Waals surface area contributed by atoms with Crippen molar-refractivity contribution >= 4 is 11.8 Å². The smallest absolute Gasteiger partial charge is 0.274 e. The Bertz CT molecular complexity index is 416. The molecule has 0 bridgehead atoms. The molecule has 6 nitrogen and oxygen atoms in total. The number of carbonyl (C=O) groups excluding carboxylic acids is 2. The van der Waals surface area contributed by atoms with Gasteiger partial charge in [-0.25, -0.2) is 0 Å². The number of hydrogen-bond acceptors (Lipinski definition) is 4. The van der Waals surface area contributed by atoms with E-state index < -0.39 is 0 Å². The number of imide groups is 1. The third-order valence-corrected chi connectivity index (χ3v) is 3.08. The molecule has 2 rings (SSSR count). The fourth-order valence-corrected chi connectivity index (χ4v) is 2.01. The molecule has 3 N–H and O–H groups in total. The molecule has 0 aromatic carbocycles. The molecule has 2 heterocycles. The summed E-state index contributed by atoms with van der Waals surface area (Å²) in [5.41, 5.74) is 0.400. The van der Waals surface area contributed by atoms with E-state index in [1.807, 2.05) is 0 Å². The van der Waals surface area contributed by atoms with Crippen molar-refractivity contribution in [1.29, 1.82) is 0 Å². The Balaban J connectivity index is 1.83. The molecule has 1 aromatic rings. The predicted molar refractivity (Wildman–Crippen MR) is 67.2 cm³/mol. The minimum Gasteiger partial charge on any atom is -0.357 e. The van der Waals surface area contributed by atoms with E-state index in [0.717, 1.165) is 19.6 Å². The average molecular weight is 250 g/mol. The SMILES string of the molecule is C[C@@H]1CNCCN1CC(=O)NC(=O)c1ccc[nH]1. The van der Waals surface area contributed by atoms with Crippen molar-refractivity contribution in [1.82, 2.24) is 20.5 Å². The number of aromatic amines is 1. The number of nitrogens with one attached hydrogen (secondary N) is 3. The Morgan fingerprint density at radius 2 is 2.39 bits per heavy atom. The zero-order chi connectivity index (χ0) is 13.0. The van der Waals surface area contributed by atoms with Gasteiger partial charge in [0, 0.05) is 31.9 Å². The van der Waals surface area contributed by atoms with Crippen LogP contribution in [0.15, 0.2) is 18.3 Å². The quantitative estimate of drug-likeness (QED) is 0.680. The minimum absolute atomic E-state index is 0.259. The zero-order valence-electron chi connectivity index (χ0n) is 10.4. The first-order chi connectivity index (χ1) is 8.66. The fraction of sp³-hybridized carbons (Fsp3) is 0.500. The van der Waals surface area contributed by atoms with E-state index in [1.165, 1.54) is 0 Å². The lowest BCUT2D eigenvalue weighted by Crippen LogP contribution is -2.53. The summed E-state index contributed by atoms with van der Waals surface area (Å²) in [7, 11) is 0. The monoisotopic (exact) mass is 250 g/mol. The van der Waals surface area contributed by atoms with Crippen molar-refractivity contribution in [3.05, 3.63) is 24.0 Å². The number of amides is 2. The third kappa shape index (κ3) is 3.18. The summed E-state index contributed by atoms with van der Waals surface area (Å²) in [5.74, 6) is -0.642. The van der Waals surface area contributed by atoms with Gasteiger partial charge in [-0.3, -0.25) is 19.8 Å². The predicted octanol–water partition coefficient (Wildman–Crippen LogP) is -0.435. The summed E-state index contributed by atoms with van der Waals surface area (Å²) >= 11 is 0. The first kappa shape index (κ1) is 12.8. The van der Waals surface area contributed by atoms with Crippen LogP contribution in [-0.4, -0.2) is 53.9 Å². The number of hydrogen-bond donors (Lipinski definition) is 3. The second-order valence-corrected chi connectivity index (χ2v) is 4.48. The van der Waals surface area contributed by atoms with Crippen molar-refractivity contribution in [3.8, 4) is 0 Å². The summed E-state index contributed by atoms with van der Waals surface area (Å²) in [6.07, 6.45) is 1.65. The highest BCUT2D eigenvalue weighted by Crippen LogP contribution is 2.01. The van der Waals surface area contributed by atoms with Crippen molar-refractivity contribution in [3.63, 3.8) is 0 Å². The lowest BCUT2D eigenvalue weighted by Gasteiger charge is -2.33. The molecular formula is C12H18N4O2. The number of rotatable bonds is 3. The molecule has 1 saturated heterocycles.